The van der Waals surface area contributed by atoms with E-state index in [2.05, 4.69) is 164 Å². The molecule has 8 rings (SSSR count). The van der Waals surface area contributed by atoms with E-state index >= 15 is 0 Å². The van der Waals surface area contributed by atoms with Crippen molar-refractivity contribution in [3.8, 4) is 11.1 Å². The maximum Gasteiger partial charge on any atom is 0.157 e. The van der Waals surface area contributed by atoms with Gasteiger partial charge in [-0.25, -0.2) is 9.50 Å². The zero-order valence-corrected chi connectivity index (χ0v) is 24.4. The topological polar surface area (TPSA) is 36.7 Å². The van der Waals surface area contributed by atoms with Gasteiger partial charge < -0.3 is 9.80 Å². The lowest BCUT2D eigenvalue weighted by molar-refractivity contribution is 0.546. The molecular weight excluding hydrogens is 526 g/mol. The van der Waals surface area contributed by atoms with E-state index in [1.165, 1.54) is 0 Å². The summed E-state index contributed by atoms with van der Waals surface area (Å²) in [6.07, 6.45) is 0. The number of para-hydroxylation sites is 6. The molecule has 0 spiro atoms. The first kappa shape index (κ1) is 25.3. The maximum atomic E-state index is 4.96. The van der Waals surface area contributed by atoms with E-state index < -0.39 is 0 Å². The Morgan fingerprint density at radius 3 is 1.65 bits per heavy atom. The average molecular weight is 558 g/mol. The van der Waals surface area contributed by atoms with Gasteiger partial charge in [0.2, 0.25) is 0 Å². The zero-order valence-electron chi connectivity index (χ0n) is 24.4. The Morgan fingerprint density at radius 2 is 1.07 bits per heavy atom. The van der Waals surface area contributed by atoms with Crippen molar-refractivity contribution in [1.82, 2.24) is 14.6 Å². The number of nitrogens with zero attached hydrogens (tertiary/aromatic N) is 5. The molecule has 5 heteroatoms. The molecule has 7 aromatic rings. The standard InChI is InChI=1S/C38H31N5/c1-38(2,3)37-39-35-25-22-27-12-11-15-30(36(27)43(35)40-37)26-20-23-29(24-21-26)42-33-18-9-7-16-31(33)41(28-13-5-4-6-14-28)32-17-8-10-19-34(32)42/h4-25H,1-3H3. The molecule has 0 radical (unpaired) electrons. The van der Waals surface area contributed by atoms with Crippen molar-refractivity contribution < 1.29 is 0 Å². The van der Waals surface area contributed by atoms with Crippen LogP contribution in [0.25, 0.3) is 27.7 Å². The maximum absolute atomic E-state index is 4.96. The van der Waals surface area contributed by atoms with Gasteiger partial charge in [0, 0.05) is 27.7 Å². The molecule has 3 heterocycles. The van der Waals surface area contributed by atoms with Crippen LogP contribution in [0.1, 0.15) is 26.6 Å². The van der Waals surface area contributed by atoms with Gasteiger partial charge in [-0.1, -0.05) is 93.6 Å². The molecule has 0 aliphatic carbocycles. The normalized spacial score (nSPS) is 12.9. The van der Waals surface area contributed by atoms with Crippen LogP contribution in [0.5, 0.6) is 0 Å². The molecule has 208 valence electrons. The predicted octanol–water partition coefficient (Wildman–Crippen LogP) is 10.1. The molecule has 0 atom stereocenters. The van der Waals surface area contributed by atoms with E-state index in [0.717, 1.165) is 67.6 Å². The second-order valence-electron chi connectivity index (χ2n) is 12.1. The summed E-state index contributed by atoms with van der Waals surface area (Å²) in [5.74, 6) is 0.845. The van der Waals surface area contributed by atoms with Gasteiger partial charge >= 0.3 is 0 Å². The first-order valence-electron chi connectivity index (χ1n) is 14.7. The third-order valence-corrected chi connectivity index (χ3v) is 8.17. The molecule has 0 saturated carbocycles. The van der Waals surface area contributed by atoms with Crippen LogP contribution in [0.4, 0.5) is 34.1 Å². The number of fused-ring (bicyclic) bond motifs is 5. The Balaban J connectivity index is 1.26. The highest BCUT2D eigenvalue weighted by molar-refractivity contribution is 6.02. The summed E-state index contributed by atoms with van der Waals surface area (Å²) in [6.45, 7) is 6.46. The molecule has 2 aromatic heterocycles. The Morgan fingerprint density at radius 1 is 0.512 bits per heavy atom. The number of rotatable bonds is 3. The van der Waals surface area contributed by atoms with E-state index in [4.69, 9.17) is 10.1 Å². The highest BCUT2D eigenvalue weighted by Gasteiger charge is 2.30. The lowest BCUT2D eigenvalue weighted by Gasteiger charge is -2.40. The SMILES string of the molecule is CC(C)(C)c1nc2ccc3cccc(-c4ccc(N5c6ccccc6N(c6ccccc6)c6ccccc65)cc4)c3n2n1. The minimum atomic E-state index is -0.133. The van der Waals surface area contributed by atoms with Crippen LogP contribution in [-0.2, 0) is 5.41 Å². The van der Waals surface area contributed by atoms with E-state index in [1.807, 2.05) is 4.52 Å². The van der Waals surface area contributed by atoms with E-state index in [-0.39, 0.29) is 5.41 Å². The number of hydrogen-bond donors (Lipinski definition) is 0. The molecule has 0 unspecified atom stereocenters. The van der Waals surface area contributed by atoms with Gasteiger partial charge in [0.05, 0.1) is 28.3 Å². The predicted molar refractivity (Wildman–Crippen MR) is 178 cm³/mol. The van der Waals surface area contributed by atoms with Crippen LogP contribution < -0.4 is 9.80 Å². The van der Waals surface area contributed by atoms with Gasteiger partial charge in [-0.05, 0) is 66.2 Å². The van der Waals surface area contributed by atoms with Crippen LogP contribution in [0, 0.1) is 0 Å². The van der Waals surface area contributed by atoms with Crippen molar-refractivity contribution in [2.75, 3.05) is 9.80 Å². The van der Waals surface area contributed by atoms with Crippen molar-refractivity contribution in [1.29, 1.82) is 0 Å². The van der Waals surface area contributed by atoms with Crippen molar-refractivity contribution in [3.63, 3.8) is 0 Å². The molecule has 43 heavy (non-hydrogen) atoms. The molecule has 0 bridgehead atoms. The van der Waals surface area contributed by atoms with Crippen molar-refractivity contribution in [3.05, 3.63) is 139 Å². The van der Waals surface area contributed by atoms with Crippen LogP contribution in [0.2, 0.25) is 0 Å². The lowest BCUT2D eigenvalue weighted by atomic mass is 9.96. The Hall–Kier alpha value is -5.42. The van der Waals surface area contributed by atoms with Crippen molar-refractivity contribution in [2.45, 2.75) is 26.2 Å². The van der Waals surface area contributed by atoms with Gasteiger partial charge in [0.25, 0.3) is 0 Å². The lowest BCUT2D eigenvalue weighted by Crippen LogP contribution is -2.23. The number of anilines is 6. The van der Waals surface area contributed by atoms with Gasteiger partial charge in [0.15, 0.2) is 11.5 Å². The molecule has 1 aliphatic heterocycles. The molecule has 5 aromatic carbocycles. The second-order valence-corrected chi connectivity index (χ2v) is 12.1. The largest absolute Gasteiger partial charge is 0.306 e. The molecule has 0 fully saturated rings. The Bertz CT molecular complexity index is 2070. The third kappa shape index (κ3) is 4.08. The van der Waals surface area contributed by atoms with Gasteiger partial charge in [0.1, 0.15) is 0 Å². The van der Waals surface area contributed by atoms with Crippen LogP contribution in [-0.4, -0.2) is 14.6 Å². The van der Waals surface area contributed by atoms with E-state index in [9.17, 15) is 0 Å². The fourth-order valence-electron chi connectivity index (χ4n) is 6.11. The smallest absolute Gasteiger partial charge is 0.157 e. The molecule has 1 aliphatic rings. The Labute approximate surface area is 251 Å². The van der Waals surface area contributed by atoms with Crippen LogP contribution in [0.3, 0.4) is 0 Å². The minimum absolute atomic E-state index is 0.133. The first-order chi connectivity index (χ1) is 21.0. The highest BCUT2D eigenvalue weighted by Crippen LogP contribution is 2.53. The van der Waals surface area contributed by atoms with Gasteiger partial charge in [-0.2, -0.15) is 5.10 Å². The van der Waals surface area contributed by atoms with Crippen LogP contribution in [0.15, 0.2) is 133 Å². The molecule has 5 nitrogen and oxygen atoms in total. The number of hydrogen-bond acceptors (Lipinski definition) is 4. The summed E-state index contributed by atoms with van der Waals surface area (Å²) >= 11 is 0. The summed E-state index contributed by atoms with van der Waals surface area (Å²) in [4.78, 5) is 9.57. The second kappa shape index (κ2) is 9.57. The summed E-state index contributed by atoms with van der Waals surface area (Å²) in [5.41, 5.74) is 10.9. The summed E-state index contributed by atoms with van der Waals surface area (Å²) in [6, 6.07) is 47.4. The number of benzene rings is 5. The summed E-state index contributed by atoms with van der Waals surface area (Å²) in [5, 5.41) is 6.10. The van der Waals surface area contributed by atoms with Crippen molar-refractivity contribution in [2.24, 2.45) is 0 Å². The summed E-state index contributed by atoms with van der Waals surface area (Å²) in [7, 11) is 0. The van der Waals surface area contributed by atoms with Crippen LogP contribution >= 0.6 is 0 Å². The monoisotopic (exact) mass is 557 g/mol. The van der Waals surface area contributed by atoms with Gasteiger partial charge in [-0.15, -0.1) is 0 Å². The first-order valence-corrected chi connectivity index (χ1v) is 14.7. The number of aromatic nitrogens is 3. The van der Waals surface area contributed by atoms with E-state index in [1.54, 1.807) is 0 Å². The van der Waals surface area contributed by atoms with Crippen molar-refractivity contribution >= 4 is 50.7 Å². The Kier molecular flexibility index (Phi) is 5.63. The fraction of sp³-hybridized carbons (Fsp3) is 0.105. The molecule has 0 saturated heterocycles. The third-order valence-electron chi connectivity index (χ3n) is 8.17. The molecular formula is C38H31N5. The number of pyridine rings is 1. The van der Waals surface area contributed by atoms with Gasteiger partial charge in [-0.3, -0.25) is 0 Å². The molecule has 0 N–H and O–H groups in total. The quantitative estimate of drug-likeness (QED) is 0.217. The minimum Gasteiger partial charge on any atom is -0.306 e. The van der Waals surface area contributed by atoms with E-state index in [0.29, 0.717) is 0 Å². The fourth-order valence-corrected chi connectivity index (χ4v) is 6.11. The summed E-state index contributed by atoms with van der Waals surface area (Å²) < 4.78 is 2.01. The molecule has 0 amide bonds. The highest BCUT2D eigenvalue weighted by atomic mass is 15.3. The zero-order chi connectivity index (χ0) is 29.1. The average Bonchev–Trinajstić information content (AvgIpc) is 3.50.